The molecule has 4 nitrogen and oxygen atoms in total. The first-order valence-corrected chi connectivity index (χ1v) is 7.96. The van der Waals surface area contributed by atoms with Crippen LogP contribution in [0.4, 0.5) is 0 Å². The van der Waals surface area contributed by atoms with E-state index in [4.69, 9.17) is 5.73 Å². The molecule has 3 aliphatic rings. The normalized spacial score (nSPS) is 32.5. The Morgan fingerprint density at radius 2 is 1.60 bits per heavy atom. The number of fused-ring (bicyclic) bond motifs is 1. The van der Waals surface area contributed by atoms with Crippen LogP contribution >= 0.6 is 0 Å². The smallest absolute Gasteiger partial charge is 0.233 e. The molecule has 1 aliphatic heterocycles. The van der Waals surface area contributed by atoms with Crippen molar-refractivity contribution in [2.45, 2.75) is 51.0 Å². The average molecular weight is 276 g/mol. The first-order valence-electron chi connectivity index (χ1n) is 7.96. The maximum absolute atomic E-state index is 12.6. The molecule has 0 aromatic rings. The van der Waals surface area contributed by atoms with Crippen molar-refractivity contribution in [3.63, 3.8) is 0 Å². The molecule has 0 aromatic heterocycles. The van der Waals surface area contributed by atoms with E-state index in [2.05, 4.69) is 0 Å². The Balaban J connectivity index is 1.81. The van der Waals surface area contributed by atoms with Crippen molar-refractivity contribution < 1.29 is 9.59 Å². The topological polar surface area (TPSA) is 63.4 Å². The third-order valence-corrected chi connectivity index (χ3v) is 5.31. The molecule has 110 valence electrons. The molecule has 4 heteroatoms. The van der Waals surface area contributed by atoms with Crippen LogP contribution in [-0.2, 0) is 9.59 Å². The van der Waals surface area contributed by atoms with Crippen molar-refractivity contribution in [1.29, 1.82) is 0 Å². The summed E-state index contributed by atoms with van der Waals surface area (Å²) in [6.45, 7) is 0.412. The lowest BCUT2D eigenvalue weighted by molar-refractivity contribution is -0.144. The van der Waals surface area contributed by atoms with Gasteiger partial charge in [-0.15, -0.1) is 0 Å². The van der Waals surface area contributed by atoms with Crippen molar-refractivity contribution in [2.75, 3.05) is 6.54 Å². The van der Waals surface area contributed by atoms with Crippen LogP contribution in [0.1, 0.15) is 44.9 Å². The minimum Gasteiger partial charge on any atom is -0.328 e. The van der Waals surface area contributed by atoms with Crippen molar-refractivity contribution in [1.82, 2.24) is 4.90 Å². The van der Waals surface area contributed by atoms with Crippen LogP contribution < -0.4 is 5.73 Å². The number of amides is 2. The number of hydrogen-bond donors (Lipinski definition) is 1. The minimum atomic E-state index is -0.120. The van der Waals surface area contributed by atoms with Gasteiger partial charge in [-0.25, -0.2) is 0 Å². The van der Waals surface area contributed by atoms with Crippen LogP contribution in [0.15, 0.2) is 12.2 Å². The monoisotopic (exact) mass is 276 g/mol. The van der Waals surface area contributed by atoms with Gasteiger partial charge in [-0.05, 0) is 31.6 Å². The van der Waals surface area contributed by atoms with Crippen molar-refractivity contribution in [3.8, 4) is 0 Å². The molecule has 1 saturated heterocycles. The van der Waals surface area contributed by atoms with Gasteiger partial charge in [-0.2, -0.15) is 0 Å². The zero-order chi connectivity index (χ0) is 14.1. The lowest BCUT2D eigenvalue weighted by atomic mass is 9.83. The largest absolute Gasteiger partial charge is 0.328 e. The molecular weight excluding hydrogens is 252 g/mol. The number of nitrogens with zero attached hydrogens (tertiary/aromatic N) is 1. The summed E-state index contributed by atoms with van der Waals surface area (Å²) in [6.07, 6.45) is 11.4. The average Bonchev–Trinajstić information content (AvgIpc) is 2.75. The highest BCUT2D eigenvalue weighted by Gasteiger charge is 2.50. The highest BCUT2D eigenvalue weighted by molar-refractivity contribution is 6.05. The third kappa shape index (κ3) is 2.20. The van der Waals surface area contributed by atoms with E-state index in [0.717, 1.165) is 12.8 Å². The summed E-state index contributed by atoms with van der Waals surface area (Å²) in [6, 6.07) is -0.0686. The van der Waals surface area contributed by atoms with Crippen LogP contribution in [0.5, 0.6) is 0 Å². The Hall–Kier alpha value is -1.16. The molecule has 2 amide bonds. The summed E-state index contributed by atoms with van der Waals surface area (Å²) in [4.78, 5) is 26.8. The molecular formula is C16H24N2O2. The van der Waals surface area contributed by atoms with Crippen molar-refractivity contribution in [3.05, 3.63) is 12.2 Å². The summed E-state index contributed by atoms with van der Waals surface area (Å²) in [7, 11) is 0. The van der Waals surface area contributed by atoms with Gasteiger partial charge < -0.3 is 5.73 Å². The number of likely N-dealkylation sites (tertiary alicyclic amines) is 1. The second-order valence-electron chi connectivity index (χ2n) is 6.40. The van der Waals surface area contributed by atoms with Crippen LogP contribution in [0.2, 0.25) is 0 Å². The Labute approximate surface area is 120 Å². The Morgan fingerprint density at radius 3 is 2.10 bits per heavy atom. The van der Waals surface area contributed by atoms with Crippen LogP contribution in [0, 0.1) is 17.8 Å². The predicted octanol–water partition coefficient (Wildman–Crippen LogP) is 1.85. The highest BCUT2D eigenvalue weighted by Crippen LogP contribution is 2.39. The van der Waals surface area contributed by atoms with Gasteiger partial charge in [-0.1, -0.05) is 31.4 Å². The highest BCUT2D eigenvalue weighted by atomic mass is 16.2. The first-order chi connectivity index (χ1) is 9.74. The fourth-order valence-corrected chi connectivity index (χ4v) is 4.18. The number of carbonyl (C=O) groups is 2. The number of imide groups is 1. The van der Waals surface area contributed by atoms with E-state index < -0.39 is 0 Å². The molecule has 2 aliphatic carbocycles. The van der Waals surface area contributed by atoms with E-state index in [-0.39, 0.29) is 29.7 Å². The van der Waals surface area contributed by atoms with E-state index >= 15 is 0 Å². The quantitative estimate of drug-likeness (QED) is 0.632. The number of allylic oxidation sites excluding steroid dienone is 2. The van der Waals surface area contributed by atoms with Crippen molar-refractivity contribution in [2.24, 2.45) is 23.5 Å². The van der Waals surface area contributed by atoms with E-state index in [0.29, 0.717) is 25.3 Å². The third-order valence-electron chi connectivity index (χ3n) is 5.31. The lowest BCUT2D eigenvalue weighted by Crippen LogP contribution is -2.49. The van der Waals surface area contributed by atoms with Gasteiger partial charge in [0.15, 0.2) is 0 Å². The minimum absolute atomic E-state index is 0.0328. The lowest BCUT2D eigenvalue weighted by Gasteiger charge is -2.35. The number of nitrogens with two attached hydrogens (primary N) is 1. The second-order valence-corrected chi connectivity index (χ2v) is 6.40. The summed E-state index contributed by atoms with van der Waals surface area (Å²) >= 11 is 0. The summed E-state index contributed by atoms with van der Waals surface area (Å²) in [5.41, 5.74) is 5.94. The summed E-state index contributed by atoms with van der Waals surface area (Å²) < 4.78 is 0. The maximum atomic E-state index is 12.6. The molecule has 0 aromatic carbocycles. The maximum Gasteiger partial charge on any atom is 0.233 e. The molecule has 0 bridgehead atoms. The fourth-order valence-electron chi connectivity index (χ4n) is 4.18. The van der Waals surface area contributed by atoms with Gasteiger partial charge >= 0.3 is 0 Å². The summed E-state index contributed by atoms with van der Waals surface area (Å²) in [5.74, 6) is 0.237. The Bertz CT molecular complexity index is 400. The van der Waals surface area contributed by atoms with Gasteiger partial charge in [0.25, 0.3) is 0 Å². The molecule has 1 unspecified atom stereocenters. The van der Waals surface area contributed by atoms with Crippen LogP contribution in [-0.4, -0.2) is 29.3 Å². The molecule has 1 saturated carbocycles. The van der Waals surface area contributed by atoms with E-state index in [1.165, 1.54) is 19.3 Å². The summed E-state index contributed by atoms with van der Waals surface area (Å²) in [5, 5.41) is 0. The van der Waals surface area contributed by atoms with E-state index in [1.54, 1.807) is 4.90 Å². The zero-order valence-corrected chi connectivity index (χ0v) is 12.0. The van der Waals surface area contributed by atoms with Gasteiger partial charge in [-0.3, -0.25) is 14.5 Å². The number of rotatable bonds is 3. The molecule has 0 radical (unpaired) electrons. The van der Waals surface area contributed by atoms with Gasteiger partial charge in [0, 0.05) is 6.54 Å². The first kappa shape index (κ1) is 13.8. The van der Waals surface area contributed by atoms with Gasteiger partial charge in [0.05, 0.1) is 17.9 Å². The Kier molecular flexibility index (Phi) is 3.92. The Morgan fingerprint density at radius 1 is 1.05 bits per heavy atom. The number of hydrogen-bond acceptors (Lipinski definition) is 3. The molecule has 3 atom stereocenters. The molecule has 2 fully saturated rings. The van der Waals surface area contributed by atoms with Crippen LogP contribution in [0.3, 0.4) is 0 Å². The SMILES string of the molecule is NCC(C1CCCCC1)N1C(=O)[C@H]2CC=CC[C@H]2C1=O. The molecule has 1 heterocycles. The fraction of sp³-hybridized carbons (Fsp3) is 0.750. The molecule has 20 heavy (non-hydrogen) atoms. The standard InChI is InChI=1S/C16H24N2O2/c17-10-14(11-6-2-1-3-7-11)18-15(19)12-8-4-5-9-13(12)16(18)20/h4-5,11-14H,1-3,6-10,17H2/t12-,13+,14?. The van der Waals surface area contributed by atoms with E-state index in [1.807, 2.05) is 12.2 Å². The van der Waals surface area contributed by atoms with Gasteiger partial charge in [0.2, 0.25) is 11.8 Å². The number of carbonyl (C=O) groups excluding carboxylic acids is 2. The van der Waals surface area contributed by atoms with Crippen LogP contribution in [0.25, 0.3) is 0 Å². The molecule has 3 rings (SSSR count). The molecule has 0 spiro atoms. The van der Waals surface area contributed by atoms with Crippen molar-refractivity contribution >= 4 is 11.8 Å². The molecule has 2 N–H and O–H groups in total. The van der Waals surface area contributed by atoms with E-state index in [9.17, 15) is 9.59 Å². The zero-order valence-electron chi connectivity index (χ0n) is 12.0. The second kappa shape index (κ2) is 5.68. The van der Waals surface area contributed by atoms with Gasteiger partial charge in [0.1, 0.15) is 0 Å². The predicted molar refractivity (Wildman–Crippen MR) is 76.6 cm³/mol.